The Hall–Kier alpha value is -0.0800. The molecule has 25 heavy (non-hydrogen) atoms. The molecule has 1 aliphatic rings. The third kappa shape index (κ3) is 12.0. The van der Waals surface area contributed by atoms with Gasteiger partial charge in [-0.3, -0.25) is 0 Å². The van der Waals surface area contributed by atoms with Crippen LogP contribution in [-0.2, 0) is 0 Å². The van der Waals surface area contributed by atoms with Gasteiger partial charge in [0.2, 0.25) is 0 Å². The molecule has 2 heteroatoms. The van der Waals surface area contributed by atoms with Gasteiger partial charge in [-0.25, -0.2) is 0 Å². The third-order valence-corrected chi connectivity index (χ3v) is 5.88. The van der Waals surface area contributed by atoms with Crippen molar-refractivity contribution in [1.29, 1.82) is 0 Å². The number of nitrogens with zero attached hydrogens (tertiary/aromatic N) is 2. The fourth-order valence-electron chi connectivity index (χ4n) is 4.33. The molecule has 0 bridgehead atoms. The van der Waals surface area contributed by atoms with E-state index in [1.54, 1.807) is 0 Å². The van der Waals surface area contributed by atoms with E-state index in [0.717, 1.165) is 5.92 Å². The SMILES string of the molecule is CCCCCCCCCCCN1CCC(CN(CCC)CCC)CC1. The summed E-state index contributed by atoms with van der Waals surface area (Å²) >= 11 is 0. The highest BCUT2D eigenvalue weighted by atomic mass is 15.1. The molecule has 1 fully saturated rings. The number of unbranched alkanes of at least 4 members (excludes halogenated alkanes) is 8. The van der Waals surface area contributed by atoms with Crippen molar-refractivity contribution in [1.82, 2.24) is 9.80 Å². The number of hydrogen-bond acceptors (Lipinski definition) is 2. The molecule has 2 nitrogen and oxygen atoms in total. The van der Waals surface area contributed by atoms with Crippen molar-refractivity contribution in [2.24, 2.45) is 5.92 Å². The summed E-state index contributed by atoms with van der Waals surface area (Å²) in [6.07, 6.45) is 18.5. The average molecular weight is 353 g/mol. The minimum atomic E-state index is 0.956. The Morgan fingerprint density at radius 2 is 1.20 bits per heavy atom. The summed E-state index contributed by atoms with van der Waals surface area (Å²) < 4.78 is 0. The topological polar surface area (TPSA) is 6.48 Å². The number of hydrogen-bond donors (Lipinski definition) is 0. The molecule has 0 N–H and O–H groups in total. The number of likely N-dealkylation sites (tertiary alicyclic amines) is 1. The fraction of sp³-hybridized carbons (Fsp3) is 1.00. The van der Waals surface area contributed by atoms with E-state index in [1.165, 1.54) is 123 Å². The van der Waals surface area contributed by atoms with Gasteiger partial charge in [0, 0.05) is 6.54 Å². The largest absolute Gasteiger partial charge is 0.303 e. The molecule has 1 heterocycles. The second kappa shape index (κ2) is 16.1. The minimum absolute atomic E-state index is 0.956. The van der Waals surface area contributed by atoms with E-state index in [-0.39, 0.29) is 0 Å². The van der Waals surface area contributed by atoms with Gasteiger partial charge in [0.05, 0.1) is 0 Å². The van der Waals surface area contributed by atoms with Crippen molar-refractivity contribution in [2.75, 3.05) is 39.3 Å². The molecular formula is C23H48N2. The summed E-state index contributed by atoms with van der Waals surface area (Å²) in [5, 5.41) is 0. The molecule has 1 aliphatic heterocycles. The molecule has 0 unspecified atom stereocenters. The van der Waals surface area contributed by atoms with E-state index in [4.69, 9.17) is 0 Å². The fourth-order valence-corrected chi connectivity index (χ4v) is 4.33. The molecule has 150 valence electrons. The maximum atomic E-state index is 2.74. The van der Waals surface area contributed by atoms with Gasteiger partial charge in [0.1, 0.15) is 0 Å². The number of rotatable bonds is 16. The van der Waals surface area contributed by atoms with Gasteiger partial charge in [-0.2, -0.15) is 0 Å². The van der Waals surface area contributed by atoms with Crippen molar-refractivity contribution in [3.05, 3.63) is 0 Å². The van der Waals surface area contributed by atoms with Crippen LogP contribution >= 0.6 is 0 Å². The van der Waals surface area contributed by atoms with E-state index in [0.29, 0.717) is 0 Å². The summed E-state index contributed by atoms with van der Waals surface area (Å²) in [6.45, 7) is 15.0. The molecule has 0 spiro atoms. The second-order valence-electron chi connectivity index (χ2n) is 8.41. The van der Waals surface area contributed by atoms with Gasteiger partial charge < -0.3 is 9.80 Å². The molecule has 0 atom stereocenters. The maximum absolute atomic E-state index is 2.74. The monoisotopic (exact) mass is 352 g/mol. The van der Waals surface area contributed by atoms with Crippen molar-refractivity contribution in [3.63, 3.8) is 0 Å². The number of piperidine rings is 1. The highest BCUT2D eigenvalue weighted by molar-refractivity contribution is 4.75. The standard InChI is InChI=1S/C23H48N2/c1-4-7-8-9-10-11-12-13-14-19-24-20-15-23(16-21-24)22-25(17-5-2)18-6-3/h23H,4-22H2,1-3H3. The Labute approximate surface area is 159 Å². The summed E-state index contributed by atoms with van der Waals surface area (Å²) in [6, 6.07) is 0. The first kappa shape index (κ1) is 23.0. The van der Waals surface area contributed by atoms with Gasteiger partial charge >= 0.3 is 0 Å². The van der Waals surface area contributed by atoms with Crippen molar-refractivity contribution >= 4 is 0 Å². The normalized spacial score (nSPS) is 16.8. The maximum Gasteiger partial charge on any atom is 0.00106 e. The zero-order valence-electron chi connectivity index (χ0n) is 17.9. The van der Waals surface area contributed by atoms with E-state index in [2.05, 4.69) is 30.6 Å². The van der Waals surface area contributed by atoms with E-state index < -0.39 is 0 Å². The zero-order valence-corrected chi connectivity index (χ0v) is 17.9. The summed E-state index contributed by atoms with van der Waals surface area (Å²) in [5.41, 5.74) is 0. The Morgan fingerprint density at radius 3 is 1.72 bits per heavy atom. The first-order valence-corrected chi connectivity index (χ1v) is 11.7. The minimum Gasteiger partial charge on any atom is -0.303 e. The molecule has 0 aliphatic carbocycles. The summed E-state index contributed by atoms with van der Waals surface area (Å²) in [5.74, 6) is 0.956. The smallest absolute Gasteiger partial charge is 0.00106 e. The molecule has 0 saturated carbocycles. The van der Waals surface area contributed by atoms with Crippen LogP contribution < -0.4 is 0 Å². The molecule has 1 saturated heterocycles. The third-order valence-electron chi connectivity index (χ3n) is 5.88. The molecule has 0 aromatic rings. The quantitative estimate of drug-likeness (QED) is 0.299. The van der Waals surface area contributed by atoms with Crippen LogP contribution in [0.1, 0.15) is 104 Å². The lowest BCUT2D eigenvalue weighted by Gasteiger charge is -2.35. The Morgan fingerprint density at radius 1 is 0.680 bits per heavy atom. The summed E-state index contributed by atoms with van der Waals surface area (Å²) in [7, 11) is 0. The molecular weight excluding hydrogens is 304 g/mol. The molecule has 0 aromatic heterocycles. The zero-order chi connectivity index (χ0) is 18.2. The molecule has 0 aromatic carbocycles. The predicted octanol–water partition coefficient (Wildman–Crippen LogP) is 6.35. The van der Waals surface area contributed by atoms with Crippen LogP contribution in [0.5, 0.6) is 0 Å². The highest BCUT2D eigenvalue weighted by Gasteiger charge is 2.20. The van der Waals surface area contributed by atoms with Gasteiger partial charge in [-0.15, -0.1) is 0 Å². The van der Waals surface area contributed by atoms with Crippen LogP contribution in [0.2, 0.25) is 0 Å². The van der Waals surface area contributed by atoms with Crippen molar-refractivity contribution in [2.45, 2.75) is 104 Å². The first-order valence-electron chi connectivity index (χ1n) is 11.7. The Kier molecular flexibility index (Phi) is 14.8. The summed E-state index contributed by atoms with van der Waals surface area (Å²) in [4.78, 5) is 5.45. The van der Waals surface area contributed by atoms with Gasteiger partial charge in [0.25, 0.3) is 0 Å². The Balaban J connectivity index is 1.97. The molecule has 0 radical (unpaired) electrons. The first-order chi connectivity index (χ1) is 12.3. The van der Waals surface area contributed by atoms with Gasteiger partial charge in [0.15, 0.2) is 0 Å². The lowest BCUT2D eigenvalue weighted by atomic mass is 9.95. The van der Waals surface area contributed by atoms with Crippen LogP contribution in [-0.4, -0.2) is 49.1 Å². The molecule has 0 amide bonds. The lowest BCUT2D eigenvalue weighted by Crippen LogP contribution is -2.39. The molecule has 1 rings (SSSR count). The van der Waals surface area contributed by atoms with E-state index in [1.807, 2.05) is 0 Å². The average Bonchev–Trinajstić information content (AvgIpc) is 2.62. The lowest BCUT2D eigenvalue weighted by molar-refractivity contribution is 0.141. The van der Waals surface area contributed by atoms with Crippen LogP contribution in [0.25, 0.3) is 0 Å². The second-order valence-corrected chi connectivity index (χ2v) is 8.41. The van der Waals surface area contributed by atoms with Gasteiger partial charge in [-0.1, -0.05) is 72.1 Å². The van der Waals surface area contributed by atoms with Crippen molar-refractivity contribution < 1.29 is 0 Å². The predicted molar refractivity (Wildman–Crippen MR) is 113 cm³/mol. The van der Waals surface area contributed by atoms with Crippen LogP contribution in [0, 0.1) is 5.92 Å². The van der Waals surface area contributed by atoms with E-state index in [9.17, 15) is 0 Å². The van der Waals surface area contributed by atoms with E-state index >= 15 is 0 Å². The van der Waals surface area contributed by atoms with Gasteiger partial charge in [-0.05, 0) is 70.7 Å². The van der Waals surface area contributed by atoms with Crippen LogP contribution in [0.3, 0.4) is 0 Å². The van der Waals surface area contributed by atoms with Crippen LogP contribution in [0.4, 0.5) is 0 Å². The van der Waals surface area contributed by atoms with Crippen LogP contribution in [0.15, 0.2) is 0 Å². The highest BCUT2D eigenvalue weighted by Crippen LogP contribution is 2.19. The Bertz CT molecular complexity index is 265. The van der Waals surface area contributed by atoms with Crippen molar-refractivity contribution in [3.8, 4) is 0 Å².